The third kappa shape index (κ3) is 6.19. The first-order chi connectivity index (χ1) is 15.9. The van der Waals surface area contributed by atoms with Gasteiger partial charge in [0.05, 0.1) is 25.0 Å². The summed E-state index contributed by atoms with van der Waals surface area (Å²) in [6, 6.07) is 15.0. The Bertz CT molecular complexity index is 1170. The van der Waals surface area contributed by atoms with Crippen LogP contribution in [0.4, 0.5) is 5.69 Å². The predicted molar refractivity (Wildman–Crippen MR) is 122 cm³/mol. The molecule has 0 saturated carbocycles. The van der Waals surface area contributed by atoms with Crippen LogP contribution in [-0.4, -0.2) is 41.5 Å². The Morgan fingerprint density at radius 1 is 0.970 bits per heavy atom. The lowest BCUT2D eigenvalue weighted by Crippen LogP contribution is -2.27. The second-order valence-corrected chi connectivity index (χ2v) is 6.96. The van der Waals surface area contributed by atoms with Crippen LogP contribution in [0.3, 0.4) is 0 Å². The maximum Gasteiger partial charge on any atom is 0.362 e. The number of hydrogen-bond acceptors (Lipinski definition) is 7. The van der Waals surface area contributed by atoms with Crippen LogP contribution in [0.15, 0.2) is 59.4 Å². The highest BCUT2D eigenvalue weighted by Crippen LogP contribution is 2.18. The quantitative estimate of drug-likeness (QED) is 0.498. The van der Waals surface area contributed by atoms with Crippen molar-refractivity contribution in [2.24, 2.45) is 0 Å². The summed E-state index contributed by atoms with van der Waals surface area (Å²) >= 11 is 0. The molecule has 1 heterocycles. The molecule has 1 N–H and O–H groups in total. The Hall–Kier alpha value is -4.14. The van der Waals surface area contributed by atoms with E-state index in [-0.39, 0.29) is 18.1 Å². The average Bonchev–Trinajstić information content (AvgIpc) is 2.80. The molecule has 9 heteroatoms. The molecule has 9 nitrogen and oxygen atoms in total. The van der Waals surface area contributed by atoms with Crippen LogP contribution >= 0.6 is 0 Å². The second-order valence-electron chi connectivity index (χ2n) is 6.96. The van der Waals surface area contributed by atoms with E-state index in [0.29, 0.717) is 23.7 Å². The van der Waals surface area contributed by atoms with Gasteiger partial charge in [0.1, 0.15) is 5.75 Å². The largest absolute Gasteiger partial charge is 0.494 e. The minimum absolute atomic E-state index is 0.113. The summed E-state index contributed by atoms with van der Waals surface area (Å²) in [5.74, 6) is -0.688. The van der Waals surface area contributed by atoms with Gasteiger partial charge in [0.25, 0.3) is 11.5 Å². The number of ether oxygens (including phenoxy) is 3. The molecule has 0 radical (unpaired) electrons. The molecule has 1 amide bonds. The molecule has 0 saturated heterocycles. The lowest BCUT2D eigenvalue weighted by molar-refractivity contribution is -0.118. The van der Waals surface area contributed by atoms with Gasteiger partial charge in [0.15, 0.2) is 12.4 Å². The van der Waals surface area contributed by atoms with Crippen molar-refractivity contribution in [3.8, 4) is 17.2 Å². The molecule has 0 aliphatic carbocycles. The fraction of sp³-hybridized carbons (Fsp3) is 0.250. The van der Waals surface area contributed by atoms with Gasteiger partial charge in [-0.3, -0.25) is 9.59 Å². The smallest absolute Gasteiger partial charge is 0.362 e. The van der Waals surface area contributed by atoms with Crippen molar-refractivity contribution in [1.29, 1.82) is 0 Å². The van der Waals surface area contributed by atoms with Gasteiger partial charge >= 0.3 is 5.97 Å². The van der Waals surface area contributed by atoms with Crippen LogP contribution < -0.4 is 20.3 Å². The fourth-order valence-electron chi connectivity index (χ4n) is 2.90. The van der Waals surface area contributed by atoms with Gasteiger partial charge in [-0.1, -0.05) is 17.7 Å². The Labute approximate surface area is 190 Å². The molecule has 172 valence electrons. The SMILES string of the molecule is CCOC(=O)c1nn(-c2ccc(C)cc2)c(=O)cc1OCC(=O)Nc1ccc(OCC)cc1. The summed E-state index contributed by atoms with van der Waals surface area (Å²) in [5.41, 5.74) is 1.32. The average molecular weight is 451 g/mol. The van der Waals surface area contributed by atoms with E-state index in [1.807, 2.05) is 26.0 Å². The molecule has 0 aliphatic rings. The zero-order chi connectivity index (χ0) is 23.8. The van der Waals surface area contributed by atoms with Gasteiger partial charge in [0.2, 0.25) is 5.69 Å². The molecule has 0 unspecified atom stereocenters. The topological polar surface area (TPSA) is 109 Å². The number of anilines is 1. The zero-order valence-corrected chi connectivity index (χ0v) is 18.7. The maximum atomic E-state index is 12.6. The van der Waals surface area contributed by atoms with Crippen molar-refractivity contribution < 1.29 is 23.8 Å². The normalized spacial score (nSPS) is 10.4. The molecule has 3 rings (SSSR count). The molecule has 33 heavy (non-hydrogen) atoms. The maximum absolute atomic E-state index is 12.6. The second kappa shape index (κ2) is 10.9. The van der Waals surface area contributed by atoms with Gasteiger partial charge in [-0.05, 0) is 57.2 Å². The number of nitrogens with zero attached hydrogens (tertiary/aromatic N) is 2. The fourth-order valence-corrected chi connectivity index (χ4v) is 2.90. The number of aryl methyl sites for hydroxylation is 1. The summed E-state index contributed by atoms with van der Waals surface area (Å²) in [6.07, 6.45) is 0. The number of rotatable bonds is 9. The Morgan fingerprint density at radius 2 is 1.67 bits per heavy atom. The highest BCUT2D eigenvalue weighted by atomic mass is 16.5. The molecule has 0 atom stereocenters. The van der Waals surface area contributed by atoms with E-state index in [1.165, 1.54) is 0 Å². The standard InChI is InChI=1S/C24H25N3O6/c1-4-31-19-12-8-17(9-13-19)25-21(28)15-33-20-14-22(29)27(18-10-6-16(3)7-11-18)26-23(20)24(30)32-5-2/h6-14H,4-5,15H2,1-3H3,(H,25,28). The molecule has 0 spiro atoms. The molecule has 0 aliphatic heterocycles. The van der Waals surface area contributed by atoms with Gasteiger partial charge in [-0.15, -0.1) is 0 Å². The minimum atomic E-state index is -0.764. The van der Waals surface area contributed by atoms with Gasteiger partial charge in [-0.2, -0.15) is 9.78 Å². The minimum Gasteiger partial charge on any atom is -0.494 e. The predicted octanol–water partition coefficient (Wildman–Crippen LogP) is 3.13. The Balaban J connectivity index is 1.78. The number of benzene rings is 2. The molecule has 0 bridgehead atoms. The van der Waals surface area contributed by atoms with Crippen molar-refractivity contribution >= 4 is 17.6 Å². The first-order valence-corrected chi connectivity index (χ1v) is 10.4. The third-order valence-electron chi connectivity index (χ3n) is 4.45. The van der Waals surface area contributed by atoms with E-state index in [4.69, 9.17) is 14.2 Å². The first-order valence-electron chi connectivity index (χ1n) is 10.4. The number of hydrogen-bond donors (Lipinski definition) is 1. The van der Waals surface area contributed by atoms with E-state index < -0.39 is 24.0 Å². The molecular weight excluding hydrogens is 426 g/mol. The molecule has 3 aromatic rings. The van der Waals surface area contributed by atoms with E-state index in [2.05, 4.69) is 10.4 Å². The van der Waals surface area contributed by atoms with Crippen LogP contribution in [0.1, 0.15) is 29.9 Å². The van der Waals surface area contributed by atoms with Gasteiger partial charge in [-0.25, -0.2) is 4.79 Å². The monoisotopic (exact) mass is 451 g/mol. The number of nitrogens with one attached hydrogen (secondary N) is 1. The lowest BCUT2D eigenvalue weighted by Gasteiger charge is -2.13. The van der Waals surface area contributed by atoms with E-state index in [0.717, 1.165) is 16.3 Å². The summed E-state index contributed by atoms with van der Waals surface area (Å²) < 4.78 is 17.0. The Morgan fingerprint density at radius 3 is 2.30 bits per heavy atom. The van der Waals surface area contributed by atoms with Crippen molar-refractivity contribution in [1.82, 2.24) is 9.78 Å². The van der Waals surface area contributed by atoms with Crippen LogP contribution in [0.25, 0.3) is 5.69 Å². The number of carbonyl (C=O) groups excluding carboxylic acids is 2. The van der Waals surface area contributed by atoms with Crippen LogP contribution in [0, 0.1) is 6.92 Å². The van der Waals surface area contributed by atoms with Crippen LogP contribution in [0.2, 0.25) is 0 Å². The zero-order valence-electron chi connectivity index (χ0n) is 18.7. The number of amides is 1. The van der Waals surface area contributed by atoms with E-state index in [1.54, 1.807) is 43.3 Å². The van der Waals surface area contributed by atoms with E-state index >= 15 is 0 Å². The number of aromatic nitrogens is 2. The Kier molecular flexibility index (Phi) is 7.80. The number of carbonyl (C=O) groups is 2. The van der Waals surface area contributed by atoms with Gasteiger partial charge in [0, 0.05) is 5.69 Å². The van der Waals surface area contributed by atoms with Crippen molar-refractivity contribution in [2.75, 3.05) is 25.1 Å². The van der Waals surface area contributed by atoms with Gasteiger partial charge < -0.3 is 19.5 Å². The molecule has 2 aromatic carbocycles. The molecular formula is C24H25N3O6. The highest BCUT2D eigenvalue weighted by Gasteiger charge is 2.20. The van der Waals surface area contributed by atoms with Crippen molar-refractivity contribution in [3.05, 3.63) is 76.2 Å². The highest BCUT2D eigenvalue weighted by molar-refractivity contribution is 5.93. The first kappa shape index (κ1) is 23.5. The van der Waals surface area contributed by atoms with Crippen LogP contribution in [0.5, 0.6) is 11.5 Å². The molecule has 1 aromatic heterocycles. The van der Waals surface area contributed by atoms with Crippen LogP contribution in [-0.2, 0) is 9.53 Å². The molecule has 0 fully saturated rings. The summed E-state index contributed by atoms with van der Waals surface area (Å²) in [5, 5.41) is 6.81. The van der Waals surface area contributed by atoms with Crippen molar-refractivity contribution in [3.63, 3.8) is 0 Å². The van der Waals surface area contributed by atoms with E-state index in [9.17, 15) is 14.4 Å². The summed E-state index contributed by atoms with van der Waals surface area (Å²) in [7, 11) is 0. The van der Waals surface area contributed by atoms with Crippen molar-refractivity contribution in [2.45, 2.75) is 20.8 Å². The third-order valence-corrected chi connectivity index (χ3v) is 4.45. The summed E-state index contributed by atoms with van der Waals surface area (Å²) in [6.45, 7) is 5.67. The lowest BCUT2D eigenvalue weighted by atomic mass is 10.2. The number of esters is 1. The summed E-state index contributed by atoms with van der Waals surface area (Å²) in [4.78, 5) is 37.4.